The maximum Gasteiger partial charge on any atom is 0.294 e. The highest BCUT2D eigenvalue weighted by molar-refractivity contribution is 5.68. The molecule has 3 heterocycles. The minimum atomic E-state index is -1.86. The molecule has 0 amide bonds. The van der Waals surface area contributed by atoms with Crippen molar-refractivity contribution in [3.05, 3.63) is 23.0 Å². The fourth-order valence-electron chi connectivity index (χ4n) is 2.57. The number of aromatic amines is 1. The van der Waals surface area contributed by atoms with Crippen molar-refractivity contribution in [2.75, 3.05) is 6.61 Å². The van der Waals surface area contributed by atoms with Gasteiger partial charge in [-0.05, 0) is 0 Å². The number of ether oxygens (including phenoxy) is 1. The highest BCUT2D eigenvalue weighted by Crippen LogP contribution is 2.42. The Bertz CT molecular complexity index is 893. The maximum atomic E-state index is 11.7. The summed E-state index contributed by atoms with van der Waals surface area (Å²) in [5.74, 6) is 1.44. The van der Waals surface area contributed by atoms with Crippen LogP contribution < -0.4 is 10.5 Å². The van der Waals surface area contributed by atoms with Crippen molar-refractivity contribution in [1.29, 1.82) is 5.53 Å². The second-order valence-corrected chi connectivity index (χ2v) is 4.90. The smallest absolute Gasteiger partial charge is 0.294 e. The molecule has 23 heavy (non-hydrogen) atoms. The van der Waals surface area contributed by atoms with Gasteiger partial charge in [0.1, 0.15) is 18.2 Å². The summed E-state index contributed by atoms with van der Waals surface area (Å²) < 4.78 is 6.96. The van der Waals surface area contributed by atoms with Crippen LogP contribution in [0.2, 0.25) is 0 Å². The monoisotopic (exact) mass is 318 g/mol. The van der Waals surface area contributed by atoms with E-state index in [-0.39, 0.29) is 11.2 Å². The highest BCUT2D eigenvalue weighted by Gasteiger charge is 2.59. The summed E-state index contributed by atoms with van der Waals surface area (Å²) in [6, 6.07) is 0. The van der Waals surface area contributed by atoms with Crippen LogP contribution in [0.1, 0.15) is 6.23 Å². The number of terminal acetylenes is 1. The van der Waals surface area contributed by atoms with Gasteiger partial charge in [0.2, 0.25) is 4.91 Å². The molecule has 0 saturated carbocycles. The van der Waals surface area contributed by atoms with Crippen LogP contribution in [0.25, 0.3) is 11.2 Å². The Morgan fingerprint density at radius 3 is 3.09 bits per heavy atom. The largest absolute Gasteiger partial charge is 0.391 e. The molecular formula is C12H12N7O4+. The molecule has 0 bridgehead atoms. The lowest BCUT2D eigenvalue weighted by Gasteiger charge is -2.18. The van der Waals surface area contributed by atoms with Crippen molar-refractivity contribution in [3.63, 3.8) is 0 Å². The van der Waals surface area contributed by atoms with E-state index in [9.17, 15) is 15.0 Å². The SMILES string of the molecule is C#C[C@@H]1[C@H](n2cnc3c(=O)[nH]cnc32)O[C@@](CO)(N=[N+]=N)[C@H]1O. The minimum absolute atomic E-state index is 0.0741. The van der Waals surface area contributed by atoms with Gasteiger partial charge < -0.3 is 19.9 Å². The number of hydrogen-bond acceptors (Lipinski definition) is 8. The molecule has 0 aliphatic carbocycles. The van der Waals surface area contributed by atoms with Gasteiger partial charge in [-0.25, -0.2) is 9.97 Å². The van der Waals surface area contributed by atoms with Crippen LogP contribution in [-0.4, -0.2) is 48.2 Å². The molecule has 2 aromatic rings. The van der Waals surface area contributed by atoms with E-state index >= 15 is 0 Å². The molecule has 11 nitrogen and oxygen atoms in total. The molecule has 2 aromatic heterocycles. The van der Waals surface area contributed by atoms with Crippen molar-refractivity contribution < 1.29 is 14.9 Å². The lowest BCUT2D eigenvalue weighted by Crippen LogP contribution is -2.43. The first-order valence-corrected chi connectivity index (χ1v) is 6.49. The quantitative estimate of drug-likeness (QED) is 0.305. The summed E-state index contributed by atoms with van der Waals surface area (Å²) in [4.78, 5) is 24.9. The third-order valence-electron chi connectivity index (χ3n) is 3.71. The number of fused-ring (bicyclic) bond motifs is 1. The molecule has 1 aliphatic heterocycles. The zero-order valence-corrected chi connectivity index (χ0v) is 11.6. The molecular weight excluding hydrogens is 306 g/mol. The molecule has 1 aliphatic rings. The second kappa shape index (κ2) is 5.38. The van der Waals surface area contributed by atoms with Crippen molar-refractivity contribution in [1.82, 2.24) is 24.4 Å². The van der Waals surface area contributed by atoms with Gasteiger partial charge in [-0.2, -0.15) is 0 Å². The Balaban J connectivity index is 2.15. The van der Waals surface area contributed by atoms with Crippen LogP contribution in [0.5, 0.6) is 0 Å². The Morgan fingerprint density at radius 1 is 1.65 bits per heavy atom. The number of nitrogens with zero attached hydrogens (tertiary/aromatic N) is 5. The van der Waals surface area contributed by atoms with E-state index < -0.39 is 36.1 Å². The van der Waals surface area contributed by atoms with Crippen LogP contribution >= 0.6 is 0 Å². The van der Waals surface area contributed by atoms with Gasteiger partial charge in [-0.3, -0.25) is 9.36 Å². The van der Waals surface area contributed by atoms with E-state index in [0.29, 0.717) is 0 Å². The van der Waals surface area contributed by atoms with Gasteiger partial charge in [0.25, 0.3) is 11.3 Å². The predicted molar refractivity (Wildman–Crippen MR) is 73.7 cm³/mol. The van der Waals surface area contributed by atoms with E-state index in [1.54, 1.807) is 0 Å². The lowest BCUT2D eigenvalue weighted by atomic mass is 9.97. The van der Waals surface area contributed by atoms with E-state index in [1.165, 1.54) is 17.2 Å². The average Bonchev–Trinajstić information content (AvgIpc) is 3.09. The van der Waals surface area contributed by atoms with E-state index in [2.05, 4.69) is 30.9 Å². The molecule has 11 heteroatoms. The normalized spacial score (nSPS) is 30.0. The predicted octanol–water partition coefficient (Wildman–Crippen LogP) is -1.50. The van der Waals surface area contributed by atoms with Crippen molar-refractivity contribution in [2.45, 2.75) is 18.1 Å². The second-order valence-electron chi connectivity index (χ2n) is 4.90. The van der Waals surface area contributed by atoms with E-state index in [0.717, 1.165) is 0 Å². The molecule has 1 saturated heterocycles. The topological polar surface area (TPSA) is 164 Å². The van der Waals surface area contributed by atoms with Gasteiger partial charge in [0, 0.05) is 0 Å². The molecule has 4 atom stereocenters. The first-order chi connectivity index (χ1) is 11.1. The van der Waals surface area contributed by atoms with Gasteiger partial charge in [0.05, 0.1) is 18.6 Å². The van der Waals surface area contributed by atoms with Crippen molar-refractivity contribution in [2.24, 2.45) is 11.0 Å². The zero-order valence-electron chi connectivity index (χ0n) is 11.6. The van der Waals surface area contributed by atoms with Gasteiger partial charge in [-0.1, -0.05) is 5.92 Å². The average molecular weight is 318 g/mol. The van der Waals surface area contributed by atoms with Crippen LogP contribution in [0.4, 0.5) is 0 Å². The molecule has 118 valence electrons. The summed E-state index contributed by atoms with van der Waals surface area (Å²) in [7, 11) is 0. The number of aliphatic hydroxyl groups excluding tert-OH is 2. The molecule has 0 unspecified atom stereocenters. The molecule has 0 spiro atoms. The summed E-state index contributed by atoms with van der Waals surface area (Å²) in [6.45, 7) is -0.730. The van der Waals surface area contributed by atoms with Crippen molar-refractivity contribution >= 4 is 11.2 Å². The number of aromatic nitrogens is 4. The molecule has 4 N–H and O–H groups in total. The number of aliphatic hydroxyl groups is 2. The fourth-order valence-corrected chi connectivity index (χ4v) is 2.57. The number of imidazole rings is 1. The van der Waals surface area contributed by atoms with Crippen LogP contribution in [-0.2, 0) is 4.74 Å². The first kappa shape index (κ1) is 15.0. The van der Waals surface area contributed by atoms with Gasteiger partial charge in [-0.15, -0.1) is 6.42 Å². The summed E-state index contributed by atoms with van der Waals surface area (Å²) >= 11 is 0. The summed E-state index contributed by atoms with van der Waals surface area (Å²) in [6.07, 6.45) is 5.54. The van der Waals surface area contributed by atoms with Crippen molar-refractivity contribution in [3.8, 4) is 12.3 Å². The number of H-pyrrole nitrogens is 1. The van der Waals surface area contributed by atoms with Crippen LogP contribution in [0.3, 0.4) is 0 Å². The fraction of sp³-hybridized carbons (Fsp3) is 0.417. The van der Waals surface area contributed by atoms with E-state index in [1.807, 2.05) is 0 Å². The van der Waals surface area contributed by atoms with Gasteiger partial charge in [0.15, 0.2) is 22.5 Å². The molecule has 0 aromatic carbocycles. The Kier molecular flexibility index (Phi) is 3.51. The standard InChI is InChI=1S/C12H11N7O4/c1-2-6-8(21)12(3-20,17-18-13)23-11(6)19-5-16-7-9(19)14-4-15-10(7)22/h1,4-6,8,11,13,20-21H,3H2/p+1/t6-,8-,11+,12+/m0/s1. The van der Waals surface area contributed by atoms with Crippen LogP contribution in [0, 0.1) is 23.8 Å². The van der Waals surface area contributed by atoms with Crippen LogP contribution in [0.15, 0.2) is 22.6 Å². The highest BCUT2D eigenvalue weighted by atomic mass is 16.6. The molecule has 0 radical (unpaired) electrons. The summed E-state index contributed by atoms with van der Waals surface area (Å²) in [5, 5.41) is 23.3. The maximum absolute atomic E-state index is 11.7. The Hall–Kier alpha value is -2.90. The Morgan fingerprint density at radius 2 is 2.43 bits per heavy atom. The third-order valence-corrected chi connectivity index (χ3v) is 3.71. The third kappa shape index (κ3) is 2.06. The first-order valence-electron chi connectivity index (χ1n) is 6.49. The lowest BCUT2D eigenvalue weighted by molar-refractivity contribution is -0.126. The number of nitrogens with one attached hydrogen (secondary N) is 2. The van der Waals surface area contributed by atoms with E-state index in [4.69, 9.17) is 16.7 Å². The summed E-state index contributed by atoms with van der Waals surface area (Å²) in [5.41, 5.74) is 4.81. The number of hydrogen-bond donors (Lipinski definition) is 4. The number of rotatable bonds is 3. The van der Waals surface area contributed by atoms with Gasteiger partial charge >= 0.3 is 0 Å². The molecule has 1 fully saturated rings. The molecule has 3 rings (SSSR count). The minimum Gasteiger partial charge on any atom is -0.391 e. The zero-order chi connectivity index (χ0) is 16.6. The Labute approximate surface area is 128 Å².